The van der Waals surface area contributed by atoms with Crippen LogP contribution in [-0.4, -0.2) is 10.8 Å². The first-order chi connectivity index (χ1) is 7.93. The third kappa shape index (κ3) is 1.57. The van der Waals surface area contributed by atoms with Crippen LogP contribution in [0, 0.1) is 0 Å². The standard InChI is InChI=1S/C11H10N4O/c1-2-4-8(5-3-1)9-13-10(15-14-9)11-12-6-7-16-11/h1-7,10,15H,(H,13,14). The van der Waals surface area contributed by atoms with E-state index in [1.165, 1.54) is 6.26 Å². The Morgan fingerprint density at radius 1 is 1.19 bits per heavy atom. The molecule has 1 unspecified atom stereocenters. The molecule has 0 saturated carbocycles. The van der Waals surface area contributed by atoms with E-state index in [0.717, 1.165) is 11.4 Å². The van der Waals surface area contributed by atoms with Gasteiger partial charge >= 0.3 is 0 Å². The minimum atomic E-state index is -0.259. The van der Waals surface area contributed by atoms with Gasteiger partial charge in [-0.15, -0.1) is 0 Å². The van der Waals surface area contributed by atoms with Crippen molar-refractivity contribution in [1.82, 2.24) is 15.8 Å². The van der Waals surface area contributed by atoms with Crippen LogP contribution >= 0.6 is 0 Å². The molecule has 0 saturated heterocycles. The van der Waals surface area contributed by atoms with Gasteiger partial charge in [-0.25, -0.2) is 15.4 Å². The van der Waals surface area contributed by atoms with E-state index < -0.39 is 0 Å². The van der Waals surface area contributed by atoms with Gasteiger partial charge in [0.2, 0.25) is 5.89 Å². The van der Waals surface area contributed by atoms with E-state index in [0.29, 0.717) is 5.89 Å². The summed E-state index contributed by atoms with van der Waals surface area (Å²) in [7, 11) is 0. The van der Waals surface area contributed by atoms with Gasteiger partial charge in [0.15, 0.2) is 6.17 Å². The van der Waals surface area contributed by atoms with Gasteiger partial charge in [-0.05, 0) is 0 Å². The second-order valence-corrected chi connectivity index (χ2v) is 3.39. The first-order valence-corrected chi connectivity index (χ1v) is 4.97. The third-order valence-corrected chi connectivity index (χ3v) is 2.32. The van der Waals surface area contributed by atoms with Crippen molar-refractivity contribution in [2.24, 2.45) is 4.99 Å². The second kappa shape index (κ2) is 3.79. The van der Waals surface area contributed by atoms with Crippen molar-refractivity contribution < 1.29 is 4.42 Å². The first kappa shape index (κ1) is 9.11. The number of hydrogen-bond donors (Lipinski definition) is 2. The van der Waals surface area contributed by atoms with Crippen molar-refractivity contribution in [1.29, 1.82) is 0 Å². The molecule has 1 aromatic carbocycles. The topological polar surface area (TPSA) is 62.5 Å². The first-order valence-electron chi connectivity index (χ1n) is 4.97. The third-order valence-electron chi connectivity index (χ3n) is 2.32. The average molecular weight is 214 g/mol. The molecule has 0 radical (unpaired) electrons. The fourth-order valence-electron chi connectivity index (χ4n) is 1.56. The number of aromatic nitrogens is 1. The van der Waals surface area contributed by atoms with Crippen LogP contribution in [0.1, 0.15) is 17.6 Å². The predicted molar refractivity (Wildman–Crippen MR) is 58.5 cm³/mol. The molecule has 2 aromatic rings. The van der Waals surface area contributed by atoms with Crippen molar-refractivity contribution in [3.05, 3.63) is 54.2 Å². The fourth-order valence-corrected chi connectivity index (χ4v) is 1.56. The lowest BCUT2D eigenvalue weighted by atomic mass is 10.2. The lowest BCUT2D eigenvalue weighted by Gasteiger charge is -2.01. The molecule has 1 atom stereocenters. The van der Waals surface area contributed by atoms with Crippen LogP contribution in [-0.2, 0) is 0 Å². The zero-order chi connectivity index (χ0) is 10.8. The lowest BCUT2D eigenvalue weighted by molar-refractivity contribution is 0.414. The van der Waals surface area contributed by atoms with Crippen molar-refractivity contribution in [3.63, 3.8) is 0 Å². The number of aliphatic imine (C=N–C) groups is 1. The highest BCUT2D eigenvalue weighted by Gasteiger charge is 2.21. The van der Waals surface area contributed by atoms with Crippen molar-refractivity contribution >= 4 is 5.84 Å². The fraction of sp³-hybridized carbons (Fsp3) is 0.0909. The molecule has 5 heteroatoms. The van der Waals surface area contributed by atoms with Gasteiger partial charge < -0.3 is 9.84 Å². The predicted octanol–water partition coefficient (Wildman–Crippen LogP) is 1.23. The molecule has 5 nitrogen and oxygen atoms in total. The van der Waals surface area contributed by atoms with Crippen LogP contribution in [0.25, 0.3) is 0 Å². The van der Waals surface area contributed by atoms with Gasteiger partial charge in [-0.3, -0.25) is 0 Å². The molecule has 0 aliphatic carbocycles. The Bertz CT molecular complexity index is 492. The molecule has 0 spiro atoms. The summed E-state index contributed by atoms with van der Waals surface area (Å²) >= 11 is 0. The van der Waals surface area contributed by atoms with Gasteiger partial charge in [0, 0.05) is 5.56 Å². The minimum Gasteiger partial charge on any atom is -0.445 e. The van der Waals surface area contributed by atoms with E-state index in [-0.39, 0.29) is 6.17 Å². The highest BCUT2D eigenvalue weighted by Crippen LogP contribution is 2.16. The molecular weight excluding hydrogens is 204 g/mol. The summed E-state index contributed by atoms with van der Waals surface area (Å²) in [4.78, 5) is 8.49. The van der Waals surface area contributed by atoms with Crippen LogP contribution in [0.3, 0.4) is 0 Å². The Labute approximate surface area is 92.2 Å². The van der Waals surface area contributed by atoms with Crippen LogP contribution in [0.2, 0.25) is 0 Å². The van der Waals surface area contributed by atoms with Gasteiger partial charge in [0.05, 0.1) is 6.20 Å². The number of hydrazine groups is 1. The Balaban J connectivity index is 1.87. The maximum absolute atomic E-state index is 5.18. The summed E-state index contributed by atoms with van der Waals surface area (Å²) < 4.78 is 5.18. The number of nitrogens with one attached hydrogen (secondary N) is 2. The summed E-state index contributed by atoms with van der Waals surface area (Å²) in [5.74, 6) is 1.35. The molecule has 0 fully saturated rings. The van der Waals surface area contributed by atoms with Crippen molar-refractivity contribution in [2.75, 3.05) is 0 Å². The van der Waals surface area contributed by atoms with Crippen molar-refractivity contribution in [3.8, 4) is 0 Å². The molecule has 1 aliphatic heterocycles. The zero-order valence-electron chi connectivity index (χ0n) is 8.42. The molecule has 16 heavy (non-hydrogen) atoms. The number of amidine groups is 1. The van der Waals surface area contributed by atoms with Gasteiger partial charge in [0.1, 0.15) is 12.1 Å². The average Bonchev–Trinajstić information content (AvgIpc) is 3.01. The molecular formula is C11H10N4O. The zero-order valence-corrected chi connectivity index (χ0v) is 8.42. The van der Waals surface area contributed by atoms with Crippen molar-refractivity contribution in [2.45, 2.75) is 6.17 Å². The monoisotopic (exact) mass is 214 g/mol. The summed E-state index contributed by atoms with van der Waals surface area (Å²) in [6, 6.07) is 9.89. The number of hydrogen-bond acceptors (Lipinski definition) is 5. The van der Waals surface area contributed by atoms with E-state index in [9.17, 15) is 0 Å². The summed E-state index contributed by atoms with van der Waals surface area (Å²) in [5, 5.41) is 0. The Hall–Kier alpha value is -2.14. The Kier molecular flexibility index (Phi) is 2.16. The quantitative estimate of drug-likeness (QED) is 0.789. The molecule has 2 N–H and O–H groups in total. The molecule has 80 valence electrons. The SMILES string of the molecule is c1ccc(C2=NC(c3ncco3)NN2)cc1. The van der Waals surface area contributed by atoms with Crippen LogP contribution in [0.15, 0.2) is 52.2 Å². The molecule has 3 rings (SSSR count). The lowest BCUT2D eigenvalue weighted by Crippen LogP contribution is -2.31. The normalized spacial score (nSPS) is 19.2. The summed E-state index contributed by atoms with van der Waals surface area (Å²) in [6.45, 7) is 0. The minimum absolute atomic E-state index is 0.259. The van der Waals surface area contributed by atoms with E-state index in [2.05, 4.69) is 20.8 Å². The van der Waals surface area contributed by atoms with E-state index in [4.69, 9.17) is 4.42 Å². The highest BCUT2D eigenvalue weighted by molar-refractivity contribution is 5.99. The van der Waals surface area contributed by atoms with Gasteiger partial charge in [-0.2, -0.15) is 0 Å². The largest absolute Gasteiger partial charge is 0.445 e. The van der Waals surface area contributed by atoms with Gasteiger partial charge in [0.25, 0.3) is 0 Å². The number of benzene rings is 1. The Morgan fingerprint density at radius 3 is 2.81 bits per heavy atom. The van der Waals surface area contributed by atoms with E-state index in [1.807, 2.05) is 30.3 Å². The highest BCUT2D eigenvalue weighted by atomic mass is 16.3. The maximum atomic E-state index is 5.18. The van der Waals surface area contributed by atoms with Crippen LogP contribution in [0.4, 0.5) is 0 Å². The molecule has 0 amide bonds. The van der Waals surface area contributed by atoms with Crippen LogP contribution in [0.5, 0.6) is 0 Å². The molecule has 0 bridgehead atoms. The smallest absolute Gasteiger partial charge is 0.235 e. The number of oxazole rings is 1. The molecule has 2 heterocycles. The van der Waals surface area contributed by atoms with Crippen LogP contribution < -0.4 is 10.9 Å². The van der Waals surface area contributed by atoms with E-state index in [1.54, 1.807) is 6.20 Å². The van der Waals surface area contributed by atoms with Gasteiger partial charge in [-0.1, -0.05) is 30.3 Å². The summed E-state index contributed by atoms with van der Waals surface area (Å²) in [6.07, 6.45) is 2.88. The second-order valence-electron chi connectivity index (χ2n) is 3.39. The summed E-state index contributed by atoms with van der Waals surface area (Å²) in [5.41, 5.74) is 7.04. The Morgan fingerprint density at radius 2 is 2.06 bits per heavy atom. The number of nitrogens with zero attached hydrogens (tertiary/aromatic N) is 2. The molecule has 1 aromatic heterocycles. The van der Waals surface area contributed by atoms with E-state index >= 15 is 0 Å². The molecule has 1 aliphatic rings. The number of rotatable bonds is 2. The maximum Gasteiger partial charge on any atom is 0.235 e.